The SMILES string of the molecule is Cc1cccc(C2=CCN(c3ccc(S(C)(=O)=O)cc3)CC2)c1. The average molecular weight is 327 g/mol. The van der Waals surface area contributed by atoms with Crippen LogP contribution < -0.4 is 4.90 Å². The van der Waals surface area contributed by atoms with Gasteiger partial charge in [0, 0.05) is 25.0 Å². The van der Waals surface area contributed by atoms with Gasteiger partial charge in [-0.1, -0.05) is 35.9 Å². The summed E-state index contributed by atoms with van der Waals surface area (Å²) in [5.41, 5.74) is 5.04. The molecular weight excluding hydrogens is 306 g/mol. The Balaban J connectivity index is 1.76. The van der Waals surface area contributed by atoms with E-state index < -0.39 is 9.84 Å². The summed E-state index contributed by atoms with van der Waals surface area (Å²) >= 11 is 0. The summed E-state index contributed by atoms with van der Waals surface area (Å²) in [6, 6.07) is 15.8. The average Bonchev–Trinajstić information content (AvgIpc) is 2.54. The molecule has 1 aliphatic rings. The predicted molar refractivity (Wildman–Crippen MR) is 95.5 cm³/mol. The number of sulfone groups is 1. The van der Waals surface area contributed by atoms with Crippen molar-refractivity contribution >= 4 is 21.1 Å². The molecule has 0 radical (unpaired) electrons. The number of nitrogens with zero attached hydrogens (tertiary/aromatic N) is 1. The summed E-state index contributed by atoms with van der Waals surface area (Å²) < 4.78 is 23.0. The van der Waals surface area contributed by atoms with E-state index in [-0.39, 0.29) is 0 Å². The molecule has 0 saturated heterocycles. The van der Waals surface area contributed by atoms with E-state index in [1.54, 1.807) is 12.1 Å². The van der Waals surface area contributed by atoms with Gasteiger partial charge in [0.2, 0.25) is 0 Å². The number of anilines is 1. The molecular formula is C19H21NO2S. The van der Waals surface area contributed by atoms with Crippen LogP contribution in [0.25, 0.3) is 5.57 Å². The van der Waals surface area contributed by atoms with Gasteiger partial charge in [0.05, 0.1) is 4.90 Å². The van der Waals surface area contributed by atoms with Crippen LogP contribution in [0.3, 0.4) is 0 Å². The lowest BCUT2D eigenvalue weighted by Crippen LogP contribution is -2.28. The summed E-state index contributed by atoms with van der Waals surface area (Å²) in [5, 5.41) is 0. The molecule has 3 rings (SSSR count). The zero-order chi connectivity index (χ0) is 16.4. The van der Waals surface area contributed by atoms with E-state index in [1.165, 1.54) is 23.0 Å². The Hall–Kier alpha value is -2.07. The van der Waals surface area contributed by atoms with Crippen molar-refractivity contribution in [1.29, 1.82) is 0 Å². The molecule has 0 aromatic heterocycles. The molecule has 0 spiro atoms. The van der Waals surface area contributed by atoms with Crippen LogP contribution in [0.15, 0.2) is 59.5 Å². The summed E-state index contributed by atoms with van der Waals surface area (Å²) in [6.45, 7) is 3.90. The van der Waals surface area contributed by atoms with Crippen molar-refractivity contribution < 1.29 is 8.42 Å². The van der Waals surface area contributed by atoms with Gasteiger partial charge < -0.3 is 4.90 Å². The highest BCUT2D eigenvalue weighted by Crippen LogP contribution is 2.26. The second-order valence-electron chi connectivity index (χ2n) is 6.06. The molecule has 0 aliphatic carbocycles. The van der Waals surface area contributed by atoms with Crippen molar-refractivity contribution in [3.05, 3.63) is 65.7 Å². The van der Waals surface area contributed by atoms with Gasteiger partial charge in [-0.2, -0.15) is 0 Å². The van der Waals surface area contributed by atoms with Crippen LogP contribution in [0.2, 0.25) is 0 Å². The van der Waals surface area contributed by atoms with Crippen LogP contribution in [0.5, 0.6) is 0 Å². The molecule has 0 saturated carbocycles. The van der Waals surface area contributed by atoms with Gasteiger partial charge in [0.15, 0.2) is 9.84 Å². The van der Waals surface area contributed by atoms with Gasteiger partial charge >= 0.3 is 0 Å². The molecule has 120 valence electrons. The molecule has 0 bridgehead atoms. The van der Waals surface area contributed by atoms with E-state index in [0.717, 1.165) is 25.2 Å². The lowest BCUT2D eigenvalue weighted by atomic mass is 9.98. The first kappa shape index (κ1) is 15.8. The molecule has 4 heteroatoms. The minimum Gasteiger partial charge on any atom is -0.367 e. The maximum atomic E-state index is 11.5. The lowest BCUT2D eigenvalue weighted by molar-refractivity contribution is 0.602. The smallest absolute Gasteiger partial charge is 0.175 e. The molecule has 0 N–H and O–H groups in total. The summed E-state index contributed by atoms with van der Waals surface area (Å²) in [7, 11) is -3.13. The fourth-order valence-electron chi connectivity index (χ4n) is 2.91. The highest BCUT2D eigenvalue weighted by atomic mass is 32.2. The molecule has 2 aromatic rings. The van der Waals surface area contributed by atoms with Gasteiger partial charge in [0.1, 0.15) is 0 Å². The van der Waals surface area contributed by atoms with Gasteiger partial charge in [-0.25, -0.2) is 8.42 Å². The second kappa shape index (κ2) is 6.20. The summed E-state index contributed by atoms with van der Waals surface area (Å²) in [5.74, 6) is 0. The normalized spacial score (nSPS) is 15.4. The van der Waals surface area contributed by atoms with E-state index in [0.29, 0.717) is 4.90 Å². The summed E-state index contributed by atoms with van der Waals surface area (Å²) in [6.07, 6.45) is 4.50. The maximum Gasteiger partial charge on any atom is 0.175 e. The third kappa shape index (κ3) is 3.64. The largest absolute Gasteiger partial charge is 0.367 e. The van der Waals surface area contributed by atoms with Crippen molar-refractivity contribution in [2.75, 3.05) is 24.2 Å². The zero-order valence-electron chi connectivity index (χ0n) is 13.5. The third-order valence-corrected chi connectivity index (χ3v) is 5.36. The highest BCUT2D eigenvalue weighted by molar-refractivity contribution is 7.90. The van der Waals surface area contributed by atoms with Crippen LogP contribution in [-0.4, -0.2) is 27.8 Å². The van der Waals surface area contributed by atoms with E-state index in [2.05, 4.69) is 42.2 Å². The Bertz CT molecular complexity index is 836. The quantitative estimate of drug-likeness (QED) is 0.863. The molecule has 23 heavy (non-hydrogen) atoms. The number of hydrogen-bond donors (Lipinski definition) is 0. The zero-order valence-corrected chi connectivity index (χ0v) is 14.3. The van der Waals surface area contributed by atoms with Gasteiger partial charge in [-0.05, 0) is 48.7 Å². The van der Waals surface area contributed by atoms with Crippen molar-refractivity contribution in [3.8, 4) is 0 Å². The number of hydrogen-bond acceptors (Lipinski definition) is 3. The first-order chi connectivity index (χ1) is 10.9. The van der Waals surface area contributed by atoms with Crippen LogP contribution in [0.1, 0.15) is 17.5 Å². The molecule has 3 nitrogen and oxygen atoms in total. The van der Waals surface area contributed by atoms with Crippen molar-refractivity contribution in [2.45, 2.75) is 18.2 Å². The van der Waals surface area contributed by atoms with E-state index in [9.17, 15) is 8.42 Å². The van der Waals surface area contributed by atoms with Gasteiger partial charge in [-0.3, -0.25) is 0 Å². The predicted octanol–water partition coefficient (Wildman–Crippen LogP) is 3.69. The number of benzene rings is 2. The third-order valence-electron chi connectivity index (χ3n) is 4.23. The Morgan fingerprint density at radius 3 is 2.35 bits per heavy atom. The molecule has 0 fully saturated rings. The second-order valence-corrected chi connectivity index (χ2v) is 8.08. The van der Waals surface area contributed by atoms with Gasteiger partial charge in [-0.15, -0.1) is 0 Å². The Labute approximate surface area is 138 Å². The van der Waals surface area contributed by atoms with E-state index >= 15 is 0 Å². The van der Waals surface area contributed by atoms with Crippen molar-refractivity contribution in [2.24, 2.45) is 0 Å². The van der Waals surface area contributed by atoms with Crippen molar-refractivity contribution in [3.63, 3.8) is 0 Å². The Morgan fingerprint density at radius 1 is 1.04 bits per heavy atom. The van der Waals surface area contributed by atoms with Gasteiger partial charge in [0.25, 0.3) is 0 Å². The first-order valence-corrected chi connectivity index (χ1v) is 9.64. The number of rotatable bonds is 3. The fourth-order valence-corrected chi connectivity index (χ4v) is 3.55. The summed E-state index contributed by atoms with van der Waals surface area (Å²) in [4.78, 5) is 2.64. The van der Waals surface area contributed by atoms with E-state index in [4.69, 9.17) is 0 Å². The van der Waals surface area contributed by atoms with Crippen LogP contribution in [0.4, 0.5) is 5.69 Å². The Kier molecular flexibility index (Phi) is 4.26. The molecule has 1 aliphatic heterocycles. The molecule has 0 atom stereocenters. The standard InChI is InChI=1S/C19H21NO2S/c1-15-4-3-5-17(14-15)16-10-12-20(13-11-16)18-6-8-19(9-7-18)23(2,21)22/h3-10,14H,11-13H2,1-2H3. The lowest BCUT2D eigenvalue weighted by Gasteiger charge is -2.28. The van der Waals surface area contributed by atoms with E-state index in [1.807, 2.05) is 12.1 Å². The maximum absolute atomic E-state index is 11.5. The fraction of sp³-hybridized carbons (Fsp3) is 0.263. The molecule has 0 unspecified atom stereocenters. The van der Waals surface area contributed by atoms with Crippen LogP contribution in [-0.2, 0) is 9.84 Å². The van der Waals surface area contributed by atoms with Crippen LogP contribution in [0, 0.1) is 6.92 Å². The minimum absolute atomic E-state index is 0.370. The molecule has 2 aromatic carbocycles. The first-order valence-electron chi connectivity index (χ1n) is 7.74. The minimum atomic E-state index is -3.13. The monoisotopic (exact) mass is 327 g/mol. The van der Waals surface area contributed by atoms with Crippen LogP contribution >= 0.6 is 0 Å². The Morgan fingerprint density at radius 2 is 1.78 bits per heavy atom. The molecule has 1 heterocycles. The molecule has 0 amide bonds. The highest BCUT2D eigenvalue weighted by Gasteiger charge is 2.14. The topological polar surface area (TPSA) is 37.4 Å². The van der Waals surface area contributed by atoms with Crippen molar-refractivity contribution in [1.82, 2.24) is 0 Å². The number of aryl methyl sites for hydroxylation is 1.